The van der Waals surface area contributed by atoms with Crippen LogP contribution in [0.4, 0.5) is 13.2 Å². The molecule has 0 saturated carbocycles. The van der Waals surface area contributed by atoms with E-state index in [4.69, 9.17) is 4.18 Å². The lowest BCUT2D eigenvalue weighted by molar-refractivity contribution is 0.103. The molecule has 0 aliphatic rings. The molecule has 0 atom stereocenters. The fourth-order valence-corrected chi connectivity index (χ4v) is 3.29. The molecule has 4 nitrogen and oxygen atoms in total. The van der Waals surface area contributed by atoms with Gasteiger partial charge in [-0.1, -0.05) is 0 Å². The van der Waals surface area contributed by atoms with Crippen molar-refractivity contribution >= 4 is 15.9 Å². The summed E-state index contributed by atoms with van der Waals surface area (Å²) in [7, 11) is -4.60. The van der Waals surface area contributed by atoms with Crippen LogP contribution in [0, 0.1) is 17.5 Å². The highest BCUT2D eigenvalue weighted by Gasteiger charge is 2.22. The van der Waals surface area contributed by atoms with Gasteiger partial charge in [0.25, 0.3) is 0 Å². The zero-order valence-electron chi connectivity index (χ0n) is 13.5. The molecule has 0 N–H and O–H groups in total. The van der Waals surface area contributed by atoms with Crippen LogP contribution in [0.15, 0.2) is 71.6 Å². The number of carbonyl (C=O) groups excluding carboxylic acids is 1. The van der Waals surface area contributed by atoms with Gasteiger partial charge in [-0.3, -0.25) is 4.79 Å². The van der Waals surface area contributed by atoms with E-state index in [1.54, 1.807) is 0 Å². The smallest absolute Gasteiger partial charge is 0.342 e. The first kappa shape index (κ1) is 18.7. The summed E-state index contributed by atoms with van der Waals surface area (Å²) < 4.78 is 68.8. The highest BCUT2D eigenvalue weighted by Crippen LogP contribution is 2.23. The van der Waals surface area contributed by atoms with Crippen molar-refractivity contribution in [1.82, 2.24) is 0 Å². The normalized spacial score (nSPS) is 11.2. The number of hydrogen-bond acceptors (Lipinski definition) is 4. The number of ketones is 1. The van der Waals surface area contributed by atoms with Crippen molar-refractivity contribution in [2.24, 2.45) is 0 Å². The highest BCUT2D eigenvalue weighted by molar-refractivity contribution is 7.87. The van der Waals surface area contributed by atoms with Gasteiger partial charge < -0.3 is 4.18 Å². The second-order valence-corrected chi connectivity index (χ2v) is 6.99. The van der Waals surface area contributed by atoms with Crippen LogP contribution in [0.2, 0.25) is 0 Å². The van der Waals surface area contributed by atoms with Crippen LogP contribution >= 0.6 is 0 Å². The van der Waals surface area contributed by atoms with E-state index in [0.29, 0.717) is 12.1 Å². The van der Waals surface area contributed by atoms with Crippen molar-refractivity contribution in [3.8, 4) is 5.75 Å². The third-order valence-electron chi connectivity index (χ3n) is 3.59. The first-order chi connectivity index (χ1) is 12.8. The third-order valence-corrected chi connectivity index (χ3v) is 4.85. The van der Waals surface area contributed by atoms with Gasteiger partial charge in [-0.15, -0.1) is 0 Å². The van der Waals surface area contributed by atoms with Crippen LogP contribution in [0.3, 0.4) is 0 Å². The summed E-state index contributed by atoms with van der Waals surface area (Å²) >= 11 is 0. The maximum absolute atomic E-state index is 13.7. The number of rotatable bonds is 5. The minimum absolute atomic E-state index is 0.186. The summed E-state index contributed by atoms with van der Waals surface area (Å²) in [4.78, 5) is 11.3. The lowest BCUT2D eigenvalue weighted by Crippen LogP contribution is -2.12. The molecular weight excluding hydrogens is 381 g/mol. The average molecular weight is 392 g/mol. The van der Waals surface area contributed by atoms with Crippen molar-refractivity contribution in [3.63, 3.8) is 0 Å². The molecule has 0 unspecified atom stereocenters. The number of hydrogen-bond donors (Lipinski definition) is 0. The second kappa shape index (κ2) is 7.24. The maximum Gasteiger partial charge on any atom is 0.342 e. The molecule has 27 heavy (non-hydrogen) atoms. The van der Waals surface area contributed by atoms with Crippen LogP contribution in [0.1, 0.15) is 15.9 Å². The minimum atomic E-state index is -4.60. The summed E-state index contributed by atoms with van der Waals surface area (Å²) in [6.45, 7) is 0. The van der Waals surface area contributed by atoms with Gasteiger partial charge in [0.05, 0.1) is 0 Å². The first-order valence-corrected chi connectivity index (χ1v) is 8.97. The molecule has 8 heteroatoms. The van der Waals surface area contributed by atoms with E-state index in [-0.39, 0.29) is 16.9 Å². The molecule has 0 amide bonds. The van der Waals surface area contributed by atoms with Crippen molar-refractivity contribution in [2.75, 3.05) is 0 Å². The van der Waals surface area contributed by atoms with Crippen LogP contribution in [-0.2, 0) is 10.1 Å². The molecule has 0 radical (unpaired) electrons. The Hall–Kier alpha value is -3.13. The Morgan fingerprint density at radius 1 is 0.741 bits per heavy atom. The Morgan fingerprint density at radius 2 is 1.26 bits per heavy atom. The standard InChI is InChI=1S/C19H11F3O4S/c20-14-5-1-12(2-6-14)19(23)13-3-8-16(9-4-13)26-27(24,25)18-11-15(21)7-10-17(18)22/h1-11H. The molecule has 0 aromatic heterocycles. The van der Waals surface area contributed by atoms with E-state index >= 15 is 0 Å². The van der Waals surface area contributed by atoms with Gasteiger partial charge in [0, 0.05) is 11.1 Å². The SMILES string of the molecule is O=C(c1ccc(F)cc1)c1ccc(OS(=O)(=O)c2cc(F)ccc2F)cc1. The molecule has 0 saturated heterocycles. The fourth-order valence-electron chi connectivity index (χ4n) is 2.27. The van der Waals surface area contributed by atoms with Crippen LogP contribution < -0.4 is 4.18 Å². The molecule has 3 aromatic carbocycles. The molecule has 3 aromatic rings. The van der Waals surface area contributed by atoms with Gasteiger partial charge in [-0.25, -0.2) is 13.2 Å². The van der Waals surface area contributed by atoms with Crippen LogP contribution in [0.5, 0.6) is 5.75 Å². The largest absolute Gasteiger partial charge is 0.379 e. The molecule has 0 aliphatic heterocycles. The van der Waals surface area contributed by atoms with Crippen LogP contribution in [-0.4, -0.2) is 14.2 Å². The Kier molecular flexibility index (Phi) is 5.00. The predicted octanol–water partition coefficient (Wildman–Crippen LogP) is 4.10. The Morgan fingerprint density at radius 3 is 1.85 bits per heavy atom. The average Bonchev–Trinajstić information content (AvgIpc) is 2.64. The minimum Gasteiger partial charge on any atom is -0.379 e. The molecule has 0 fully saturated rings. The zero-order valence-corrected chi connectivity index (χ0v) is 14.3. The number of halogens is 3. The topological polar surface area (TPSA) is 60.4 Å². The number of benzene rings is 3. The van der Waals surface area contributed by atoms with E-state index in [1.807, 2.05) is 0 Å². The van der Waals surface area contributed by atoms with E-state index in [2.05, 4.69) is 0 Å². The van der Waals surface area contributed by atoms with Crippen molar-refractivity contribution in [1.29, 1.82) is 0 Å². The predicted molar refractivity (Wildman–Crippen MR) is 90.4 cm³/mol. The third kappa shape index (κ3) is 4.17. The van der Waals surface area contributed by atoms with Gasteiger partial charge in [0.15, 0.2) is 5.78 Å². The van der Waals surface area contributed by atoms with Gasteiger partial charge in [-0.2, -0.15) is 8.42 Å². The number of carbonyl (C=O) groups is 1. The van der Waals surface area contributed by atoms with E-state index in [1.165, 1.54) is 36.4 Å². The second-order valence-electron chi connectivity index (χ2n) is 5.47. The van der Waals surface area contributed by atoms with Gasteiger partial charge in [0.1, 0.15) is 28.1 Å². The van der Waals surface area contributed by atoms with Crippen molar-refractivity contribution < 1.29 is 30.6 Å². The Labute approximate surface area is 153 Å². The Bertz CT molecular complexity index is 1090. The molecule has 0 aliphatic carbocycles. The van der Waals surface area contributed by atoms with Crippen molar-refractivity contribution in [3.05, 3.63) is 95.3 Å². The molecule has 0 heterocycles. The fraction of sp³-hybridized carbons (Fsp3) is 0. The van der Waals surface area contributed by atoms with Crippen molar-refractivity contribution in [2.45, 2.75) is 4.90 Å². The maximum atomic E-state index is 13.7. The summed E-state index contributed by atoms with van der Waals surface area (Å²) in [6, 6.07) is 11.9. The lowest BCUT2D eigenvalue weighted by atomic mass is 10.0. The first-order valence-electron chi connectivity index (χ1n) is 7.56. The zero-order chi connectivity index (χ0) is 19.6. The molecule has 3 rings (SSSR count). The lowest BCUT2D eigenvalue weighted by Gasteiger charge is -2.08. The molecule has 138 valence electrons. The quantitative estimate of drug-likeness (QED) is 0.485. The molecule has 0 bridgehead atoms. The summed E-state index contributed by atoms with van der Waals surface area (Å²) in [5, 5.41) is 0. The van der Waals surface area contributed by atoms with E-state index in [0.717, 1.165) is 18.2 Å². The highest BCUT2D eigenvalue weighted by atomic mass is 32.2. The summed E-state index contributed by atoms with van der Waals surface area (Å²) in [6.07, 6.45) is 0. The van der Waals surface area contributed by atoms with Gasteiger partial charge in [0.2, 0.25) is 0 Å². The van der Waals surface area contributed by atoms with E-state index < -0.39 is 38.2 Å². The monoisotopic (exact) mass is 392 g/mol. The Balaban J connectivity index is 1.82. The van der Waals surface area contributed by atoms with E-state index in [9.17, 15) is 26.4 Å². The van der Waals surface area contributed by atoms with Gasteiger partial charge >= 0.3 is 10.1 Å². The summed E-state index contributed by atoms with van der Waals surface area (Å²) in [5.74, 6) is -3.15. The molecular formula is C19H11F3O4S. The molecule has 0 spiro atoms. The van der Waals surface area contributed by atoms with Crippen LogP contribution in [0.25, 0.3) is 0 Å². The van der Waals surface area contributed by atoms with Gasteiger partial charge in [-0.05, 0) is 66.7 Å². The summed E-state index contributed by atoms with van der Waals surface area (Å²) in [5.41, 5.74) is 0.461.